The van der Waals surface area contributed by atoms with Crippen molar-refractivity contribution in [3.8, 4) is 17.2 Å². The van der Waals surface area contributed by atoms with Gasteiger partial charge in [0, 0.05) is 10.7 Å². The van der Waals surface area contributed by atoms with Crippen molar-refractivity contribution in [2.75, 3.05) is 5.73 Å². The molecule has 5 heteroatoms. The molecule has 0 radical (unpaired) electrons. The van der Waals surface area contributed by atoms with Crippen LogP contribution in [0, 0.1) is 6.92 Å². The molecule has 0 aliphatic heterocycles. The summed E-state index contributed by atoms with van der Waals surface area (Å²) in [5.41, 5.74) is 8.73. The van der Waals surface area contributed by atoms with Crippen molar-refractivity contribution in [2.45, 2.75) is 6.92 Å². The molecule has 0 saturated carbocycles. The Morgan fingerprint density at radius 3 is 2.84 bits per heavy atom. The van der Waals surface area contributed by atoms with Gasteiger partial charge in [-0.3, -0.25) is 0 Å². The summed E-state index contributed by atoms with van der Waals surface area (Å²) in [6.45, 7) is 1.77. The largest absolute Gasteiger partial charge is 0.507 e. The molecule has 3 rings (SSSR count). The van der Waals surface area contributed by atoms with Gasteiger partial charge in [-0.2, -0.15) is 0 Å². The highest BCUT2D eigenvalue weighted by Gasteiger charge is 2.14. The fourth-order valence-electron chi connectivity index (χ4n) is 1.99. The van der Waals surface area contributed by atoms with Crippen molar-refractivity contribution >= 4 is 28.4 Å². The van der Waals surface area contributed by atoms with E-state index in [1.807, 2.05) is 0 Å². The van der Waals surface area contributed by atoms with E-state index in [2.05, 4.69) is 4.98 Å². The number of nitrogens with zero attached hydrogens (tertiary/aromatic N) is 1. The summed E-state index contributed by atoms with van der Waals surface area (Å²) in [7, 11) is 0. The van der Waals surface area contributed by atoms with Gasteiger partial charge in [0.05, 0.1) is 5.56 Å². The number of aromatic hydroxyl groups is 1. The Morgan fingerprint density at radius 2 is 2.05 bits per heavy atom. The number of nitrogens with two attached hydrogens (primary N) is 1. The zero-order valence-electron chi connectivity index (χ0n) is 10.1. The van der Waals surface area contributed by atoms with Crippen LogP contribution in [0.1, 0.15) is 5.56 Å². The average molecular weight is 275 g/mol. The molecule has 96 valence electrons. The summed E-state index contributed by atoms with van der Waals surface area (Å²) in [4.78, 5) is 4.32. The SMILES string of the molecule is Cc1cc(N)cc(-c2nc3cc(Cl)ccc3o2)c1O. The summed E-state index contributed by atoms with van der Waals surface area (Å²) >= 11 is 5.90. The van der Waals surface area contributed by atoms with Crippen molar-refractivity contribution in [3.63, 3.8) is 0 Å². The third-order valence-electron chi connectivity index (χ3n) is 2.90. The minimum atomic E-state index is 0.117. The lowest BCUT2D eigenvalue weighted by Gasteiger charge is -2.05. The van der Waals surface area contributed by atoms with Gasteiger partial charge < -0.3 is 15.3 Å². The van der Waals surface area contributed by atoms with Crippen LogP contribution in [-0.4, -0.2) is 10.1 Å². The maximum atomic E-state index is 10.1. The molecule has 0 aliphatic carbocycles. The first-order valence-electron chi connectivity index (χ1n) is 5.70. The standard InChI is InChI=1S/C14H11ClN2O2/c1-7-4-9(16)6-10(13(7)18)14-17-11-5-8(15)2-3-12(11)19-14/h2-6,18H,16H2,1H3. The molecule has 3 N–H and O–H groups in total. The molecule has 0 saturated heterocycles. The molecule has 4 nitrogen and oxygen atoms in total. The third-order valence-corrected chi connectivity index (χ3v) is 3.14. The van der Waals surface area contributed by atoms with Crippen molar-refractivity contribution in [1.82, 2.24) is 4.98 Å². The predicted octanol–water partition coefficient (Wildman–Crippen LogP) is 3.74. The Labute approximate surface area is 114 Å². The predicted molar refractivity (Wildman–Crippen MR) is 75.3 cm³/mol. The third kappa shape index (κ3) is 2.00. The molecule has 0 unspecified atom stereocenters. The average Bonchev–Trinajstić information content (AvgIpc) is 2.76. The van der Waals surface area contributed by atoms with Gasteiger partial charge in [-0.1, -0.05) is 11.6 Å². The van der Waals surface area contributed by atoms with E-state index in [-0.39, 0.29) is 5.75 Å². The Morgan fingerprint density at radius 1 is 1.26 bits per heavy atom. The summed E-state index contributed by atoms with van der Waals surface area (Å²) in [5, 5.41) is 10.7. The smallest absolute Gasteiger partial charge is 0.231 e. The topological polar surface area (TPSA) is 72.3 Å². The zero-order chi connectivity index (χ0) is 13.6. The van der Waals surface area contributed by atoms with Crippen LogP contribution in [0.25, 0.3) is 22.6 Å². The normalized spacial score (nSPS) is 11.1. The number of aryl methyl sites for hydroxylation is 1. The van der Waals surface area contributed by atoms with Gasteiger partial charge in [0.2, 0.25) is 5.89 Å². The summed E-state index contributed by atoms with van der Waals surface area (Å²) < 4.78 is 5.61. The van der Waals surface area contributed by atoms with E-state index in [0.717, 1.165) is 0 Å². The van der Waals surface area contributed by atoms with E-state index >= 15 is 0 Å². The van der Waals surface area contributed by atoms with Gasteiger partial charge >= 0.3 is 0 Å². The number of phenolic OH excluding ortho intramolecular Hbond substituents is 1. The molecule has 0 atom stereocenters. The number of hydrogen-bond acceptors (Lipinski definition) is 4. The number of fused-ring (bicyclic) bond motifs is 1. The second-order valence-electron chi connectivity index (χ2n) is 4.37. The van der Waals surface area contributed by atoms with Gasteiger partial charge in [0.25, 0.3) is 0 Å². The highest BCUT2D eigenvalue weighted by molar-refractivity contribution is 6.31. The monoisotopic (exact) mass is 274 g/mol. The van der Waals surface area contributed by atoms with E-state index in [4.69, 9.17) is 21.8 Å². The van der Waals surface area contributed by atoms with E-state index in [0.29, 0.717) is 38.8 Å². The first-order valence-corrected chi connectivity index (χ1v) is 6.08. The maximum absolute atomic E-state index is 10.1. The van der Waals surface area contributed by atoms with Crippen molar-refractivity contribution in [2.24, 2.45) is 0 Å². The second-order valence-corrected chi connectivity index (χ2v) is 4.80. The van der Waals surface area contributed by atoms with Crippen molar-refractivity contribution in [3.05, 3.63) is 40.9 Å². The number of hydrogen-bond donors (Lipinski definition) is 2. The molecule has 2 aromatic carbocycles. The van der Waals surface area contributed by atoms with Crippen LogP contribution in [0.2, 0.25) is 5.02 Å². The van der Waals surface area contributed by atoms with Crippen molar-refractivity contribution < 1.29 is 9.52 Å². The number of rotatable bonds is 1. The van der Waals surface area contributed by atoms with Crippen molar-refractivity contribution in [1.29, 1.82) is 0 Å². The maximum Gasteiger partial charge on any atom is 0.231 e. The van der Waals surface area contributed by atoms with Crippen LogP contribution in [0.15, 0.2) is 34.7 Å². The molecular weight excluding hydrogens is 264 g/mol. The van der Waals surface area contributed by atoms with E-state index in [1.54, 1.807) is 37.3 Å². The highest BCUT2D eigenvalue weighted by Crippen LogP contribution is 2.35. The summed E-state index contributed by atoms with van der Waals surface area (Å²) in [6.07, 6.45) is 0. The van der Waals surface area contributed by atoms with Gasteiger partial charge in [-0.25, -0.2) is 4.98 Å². The van der Waals surface area contributed by atoms with Crippen LogP contribution >= 0.6 is 11.6 Å². The van der Waals surface area contributed by atoms with E-state index < -0.39 is 0 Å². The first kappa shape index (κ1) is 11.9. The minimum absolute atomic E-state index is 0.117. The van der Waals surface area contributed by atoms with Crippen LogP contribution < -0.4 is 5.73 Å². The van der Waals surface area contributed by atoms with Gasteiger partial charge in [-0.15, -0.1) is 0 Å². The molecule has 0 bridgehead atoms. The van der Waals surface area contributed by atoms with E-state index in [9.17, 15) is 5.11 Å². The van der Waals surface area contributed by atoms with Gasteiger partial charge in [0.15, 0.2) is 5.58 Å². The Balaban J connectivity index is 2.24. The molecule has 1 aromatic heterocycles. The number of phenols is 1. The second kappa shape index (κ2) is 4.17. The van der Waals surface area contributed by atoms with Crippen LogP contribution in [0.4, 0.5) is 5.69 Å². The van der Waals surface area contributed by atoms with Crippen LogP contribution in [0.3, 0.4) is 0 Å². The summed E-state index contributed by atoms with van der Waals surface area (Å²) in [5.74, 6) is 0.442. The molecule has 1 heterocycles. The van der Waals surface area contributed by atoms with Gasteiger partial charge in [0.1, 0.15) is 11.3 Å². The molecule has 3 aromatic rings. The summed E-state index contributed by atoms with van der Waals surface area (Å²) in [6, 6.07) is 8.50. The van der Waals surface area contributed by atoms with Crippen LogP contribution in [0.5, 0.6) is 5.75 Å². The fourth-order valence-corrected chi connectivity index (χ4v) is 2.15. The van der Waals surface area contributed by atoms with E-state index in [1.165, 1.54) is 0 Å². The molecule has 0 fully saturated rings. The highest BCUT2D eigenvalue weighted by atomic mass is 35.5. The number of benzene rings is 2. The Kier molecular flexibility index (Phi) is 2.61. The Bertz CT molecular complexity index is 780. The number of aromatic nitrogens is 1. The molecule has 0 spiro atoms. The lowest BCUT2D eigenvalue weighted by molar-refractivity contribution is 0.470. The lowest BCUT2D eigenvalue weighted by atomic mass is 10.1. The molecule has 19 heavy (non-hydrogen) atoms. The molecule has 0 amide bonds. The number of anilines is 1. The number of nitrogen functional groups attached to an aromatic ring is 1. The number of oxazole rings is 1. The van der Waals surface area contributed by atoms with Gasteiger partial charge in [-0.05, 0) is 42.8 Å². The molecular formula is C14H11ClN2O2. The Hall–Kier alpha value is -2.20. The lowest BCUT2D eigenvalue weighted by Crippen LogP contribution is -1.89. The minimum Gasteiger partial charge on any atom is -0.507 e. The quantitative estimate of drug-likeness (QED) is 0.524. The fraction of sp³-hybridized carbons (Fsp3) is 0.0714. The first-order chi connectivity index (χ1) is 9.04. The zero-order valence-corrected chi connectivity index (χ0v) is 10.9. The number of halogens is 1. The molecule has 0 aliphatic rings. The van der Waals surface area contributed by atoms with Crippen LogP contribution in [-0.2, 0) is 0 Å².